The number of rotatable bonds is 1. The fourth-order valence-electron chi connectivity index (χ4n) is 1.97. The van der Waals surface area contributed by atoms with Gasteiger partial charge in [0.15, 0.2) is 0 Å². The van der Waals surface area contributed by atoms with Crippen LogP contribution in [0.2, 0.25) is 0 Å². The van der Waals surface area contributed by atoms with E-state index < -0.39 is 0 Å². The maximum Gasteiger partial charge on any atom is 0.337 e. The van der Waals surface area contributed by atoms with Gasteiger partial charge in [0.25, 0.3) is 0 Å². The summed E-state index contributed by atoms with van der Waals surface area (Å²) in [5.41, 5.74) is 1.78. The Kier molecular flexibility index (Phi) is 2.57. The van der Waals surface area contributed by atoms with Crippen LogP contribution in [0.5, 0.6) is 0 Å². The Balaban J connectivity index is 2.28. The molecule has 0 fully saturated rings. The maximum atomic E-state index is 11.4. The van der Waals surface area contributed by atoms with Crippen molar-refractivity contribution in [2.45, 2.75) is 25.7 Å². The number of methoxy groups -OCH3 is 1. The summed E-state index contributed by atoms with van der Waals surface area (Å²) in [7, 11) is 1.42. The van der Waals surface area contributed by atoms with E-state index in [9.17, 15) is 4.79 Å². The molecule has 0 radical (unpaired) electrons. The van der Waals surface area contributed by atoms with Crippen LogP contribution < -0.4 is 0 Å². The van der Waals surface area contributed by atoms with Gasteiger partial charge >= 0.3 is 5.97 Å². The molecule has 0 aromatic heterocycles. The molecular formula is C11H14O3. The van der Waals surface area contributed by atoms with E-state index in [1.165, 1.54) is 7.11 Å². The largest absolute Gasteiger partial charge is 0.498 e. The monoisotopic (exact) mass is 194 g/mol. The van der Waals surface area contributed by atoms with Crippen LogP contribution in [0.1, 0.15) is 25.7 Å². The maximum absolute atomic E-state index is 11.4. The van der Waals surface area contributed by atoms with Gasteiger partial charge in [0.05, 0.1) is 19.3 Å². The number of carbonyl (C=O) groups is 1. The minimum absolute atomic E-state index is 0.234. The van der Waals surface area contributed by atoms with Crippen molar-refractivity contribution in [3.63, 3.8) is 0 Å². The average Bonchev–Trinajstić information content (AvgIpc) is 2.27. The van der Waals surface area contributed by atoms with Gasteiger partial charge in [-0.05, 0) is 19.3 Å². The molecular weight excluding hydrogens is 180 g/mol. The van der Waals surface area contributed by atoms with E-state index in [1.54, 1.807) is 0 Å². The van der Waals surface area contributed by atoms with E-state index >= 15 is 0 Å². The van der Waals surface area contributed by atoms with Crippen LogP contribution in [0, 0.1) is 0 Å². The summed E-state index contributed by atoms with van der Waals surface area (Å²) in [5.74, 6) is 0.766. The summed E-state index contributed by atoms with van der Waals surface area (Å²) in [5, 5.41) is 0. The summed E-state index contributed by atoms with van der Waals surface area (Å²) < 4.78 is 10.3. The van der Waals surface area contributed by atoms with Gasteiger partial charge in [0, 0.05) is 12.0 Å². The van der Waals surface area contributed by atoms with E-state index in [2.05, 4.69) is 0 Å². The summed E-state index contributed by atoms with van der Waals surface area (Å²) in [6.07, 6.45) is 5.70. The molecule has 0 unspecified atom stereocenters. The SMILES string of the molecule is COC(=O)C1=CCCC2=C1CCCO2. The van der Waals surface area contributed by atoms with Gasteiger partial charge in [0.1, 0.15) is 5.76 Å². The molecule has 0 aromatic carbocycles. The van der Waals surface area contributed by atoms with Crippen LogP contribution in [0.4, 0.5) is 0 Å². The Morgan fingerprint density at radius 1 is 1.50 bits per heavy atom. The Bertz CT molecular complexity index is 312. The first kappa shape index (κ1) is 9.31. The number of hydrogen-bond acceptors (Lipinski definition) is 3. The minimum Gasteiger partial charge on any atom is -0.498 e. The zero-order chi connectivity index (χ0) is 9.97. The lowest BCUT2D eigenvalue weighted by molar-refractivity contribution is -0.135. The molecule has 0 amide bonds. The van der Waals surface area contributed by atoms with Crippen molar-refractivity contribution < 1.29 is 14.3 Å². The zero-order valence-corrected chi connectivity index (χ0v) is 8.34. The second-order valence-electron chi connectivity index (χ2n) is 3.50. The van der Waals surface area contributed by atoms with Gasteiger partial charge in [-0.2, -0.15) is 0 Å². The Labute approximate surface area is 83.4 Å². The average molecular weight is 194 g/mol. The highest BCUT2D eigenvalue weighted by Crippen LogP contribution is 2.33. The van der Waals surface area contributed by atoms with Crippen molar-refractivity contribution >= 4 is 5.97 Å². The van der Waals surface area contributed by atoms with Crippen LogP contribution in [0.15, 0.2) is 23.0 Å². The second kappa shape index (κ2) is 3.86. The highest BCUT2D eigenvalue weighted by atomic mass is 16.5. The van der Waals surface area contributed by atoms with Crippen molar-refractivity contribution in [3.05, 3.63) is 23.0 Å². The molecule has 0 aromatic rings. The lowest BCUT2D eigenvalue weighted by atomic mass is 9.91. The Morgan fingerprint density at radius 2 is 2.36 bits per heavy atom. The molecule has 3 nitrogen and oxygen atoms in total. The van der Waals surface area contributed by atoms with Gasteiger partial charge in [-0.25, -0.2) is 4.79 Å². The molecule has 1 aliphatic heterocycles. The van der Waals surface area contributed by atoms with Crippen molar-refractivity contribution in [2.24, 2.45) is 0 Å². The van der Waals surface area contributed by atoms with Crippen LogP contribution >= 0.6 is 0 Å². The van der Waals surface area contributed by atoms with Gasteiger partial charge in [-0.1, -0.05) is 6.08 Å². The van der Waals surface area contributed by atoms with E-state index in [-0.39, 0.29) is 5.97 Å². The molecule has 1 aliphatic carbocycles. The second-order valence-corrected chi connectivity index (χ2v) is 3.50. The number of esters is 1. The summed E-state index contributed by atoms with van der Waals surface area (Å²) in [6.45, 7) is 0.785. The molecule has 76 valence electrons. The van der Waals surface area contributed by atoms with Gasteiger partial charge < -0.3 is 9.47 Å². The first-order valence-corrected chi connectivity index (χ1v) is 4.96. The number of ether oxygens (including phenoxy) is 2. The molecule has 0 bridgehead atoms. The van der Waals surface area contributed by atoms with Crippen LogP contribution in [-0.2, 0) is 14.3 Å². The quantitative estimate of drug-likeness (QED) is 0.598. The molecule has 0 spiro atoms. The standard InChI is InChI=1S/C11H14O3/c1-13-11(12)9-4-2-6-10-8(9)5-3-7-14-10/h4H,2-3,5-7H2,1H3. The molecule has 2 rings (SSSR count). The third-order valence-corrected chi connectivity index (χ3v) is 2.63. The predicted molar refractivity (Wildman–Crippen MR) is 51.5 cm³/mol. The van der Waals surface area contributed by atoms with Crippen molar-refractivity contribution in [2.75, 3.05) is 13.7 Å². The number of hydrogen-bond donors (Lipinski definition) is 0. The van der Waals surface area contributed by atoms with Gasteiger partial charge in [-0.3, -0.25) is 0 Å². The fourth-order valence-corrected chi connectivity index (χ4v) is 1.97. The first-order valence-electron chi connectivity index (χ1n) is 4.96. The van der Waals surface area contributed by atoms with E-state index in [4.69, 9.17) is 9.47 Å². The zero-order valence-electron chi connectivity index (χ0n) is 8.34. The third kappa shape index (κ3) is 1.54. The topological polar surface area (TPSA) is 35.5 Å². The normalized spacial score (nSPS) is 20.8. The first-order chi connectivity index (χ1) is 6.83. The molecule has 3 heteroatoms. The molecule has 0 saturated heterocycles. The molecule has 0 saturated carbocycles. The van der Waals surface area contributed by atoms with Crippen molar-refractivity contribution in [1.29, 1.82) is 0 Å². The van der Waals surface area contributed by atoms with E-state index in [0.29, 0.717) is 5.57 Å². The highest BCUT2D eigenvalue weighted by molar-refractivity contribution is 5.93. The Hall–Kier alpha value is -1.25. The number of carbonyl (C=O) groups excluding carboxylic acids is 1. The van der Waals surface area contributed by atoms with Gasteiger partial charge in [0.2, 0.25) is 0 Å². The smallest absolute Gasteiger partial charge is 0.337 e. The van der Waals surface area contributed by atoms with Crippen LogP contribution in [0.25, 0.3) is 0 Å². The minimum atomic E-state index is -0.234. The summed E-state index contributed by atoms with van der Waals surface area (Å²) in [4.78, 5) is 11.4. The molecule has 1 heterocycles. The highest BCUT2D eigenvalue weighted by Gasteiger charge is 2.25. The van der Waals surface area contributed by atoms with Gasteiger partial charge in [-0.15, -0.1) is 0 Å². The fraction of sp³-hybridized carbons (Fsp3) is 0.545. The summed E-state index contributed by atoms with van der Waals surface area (Å²) >= 11 is 0. The molecule has 2 aliphatic rings. The van der Waals surface area contributed by atoms with Crippen LogP contribution in [0.3, 0.4) is 0 Å². The Morgan fingerprint density at radius 3 is 3.14 bits per heavy atom. The number of allylic oxidation sites excluding steroid dienone is 2. The van der Waals surface area contributed by atoms with E-state index in [1.807, 2.05) is 6.08 Å². The lowest BCUT2D eigenvalue weighted by Gasteiger charge is -2.25. The van der Waals surface area contributed by atoms with Crippen LogP contribution in [-0.4, -0.2) is 19.7 Å². The molecule has 0 N–H and O–H groups in total. The van der Waals surface area contributed by atoms with Crippen molar-refractivity contribution in [3.8, 4) is 0 Å². The predicted octanol–water partition coefficient (Wildman–Crippen LogP) is 1.94. The van der Waals surface area contributed by atoms with Crippen molar-refractivity contribution in [1.82, 2.24) is 0 Å². The van der Waals surface area contributed by atoms with E-state index in [0.717, 1.165) is 43.6 Å². The lowest BCUT2D eigenvalue weighted by Crippen LogP contribution is -2.17. The molecule has 14 heavy (non-hydrogen) atoms. The third-order valence-electron chi connectivity index (χ3n) is 2.63. The summed E-state index contributed by atoms with van der Waals surface area (Å²) in [6, 6.07) is 0. The molecule has 0 atom stereocenters.